The molecule has 0 aromatic rings. The Hall–Kier alpha value is -2.37. The van der Waals surface area contributed by atoms with Crippen molar-refractivity contribution in [2.45, 2.75) is 232 Å². The molecule has 0 heterocycles. The smallest absolute Gasteiger partial charge is 0.306 e. The minimum absolute atomic E-state index is 0.0839. The average Bonchev–Trinajstić information content (AvgIpc) is 3.15. The van der Waals surface area contributed by atoms with Gasteiger partial charge in [-0.3, -0.25) is 14.4 Å². The van der Waals surface area contributed by atoms with Gasteiger partial charge in [-0.2, -0.15) is 0 Å². The van der Waals surface area contributed by atoms with Gasteiger partial charge in [-0.05, 0) is 64.2 Å². The maximum absolute atomic E-state index is 12.6. The summed E-state index contributed by atoms with van der Waals surface area (Å²) in [6.45, 7) is 6.53. The number of ether oxygens (including phenoxy) is 3. The lowest BCUT2D eigenvalue weighted by Gasteiger charge is -2.18. The number of allylic oxidation sites excluding steroid dienone is 6. The van der Waals surface area contributed by atoms with Gasteiger partial charge in [-0.25, -0.2) is 0 Å². The Morgan fingerprint density at radius 3 is 1.13 bits per heavy atom. The second-order valence-electron chi connectivity index (χ2n) is 15.0. The highest BCUT2D eigenvalue weighted by Crippen LogP contribution is 2.13. The summed E-state index contributed by atoms with van der Waals surface area (Å²) in [5.74, 6) is -0.928. The van der Waals surface area contributed by atoms with E-state index in [1.54, 1.807) is 0 Å². The van der Waals surface area contributed by atoms with E-state index >= 15 is 0 Å². The molecule has 1 unspecified atom stereocenters. The summed E-state index contributed by atoms with van der Waals surface area (Å²) >= 11 is 0. The van der Waals surface area contributed by atoms with Crippen molar-refractivity contribution in [2.24, 2.45) is 0 Å². The minimum atomic E-state index is -0.782. The van der Waals surface area contributed by atoms with Crippen LogP contribution in [-0.4, -0.2) is 37.2 Å². The third kappa shape index (κ3) is 40.6. The van der Waals surface area contributed by atoms with E-state index in [2.05, 4.69) is 57.2 Å². The summed E-state index contributed by atoms with van der Waals surface area (Å²) in [6, 6.07) is 0. The molecular weight excluding hydrogens is 661 g/mol. The molecule has 0 N–H and O–H groups in total. The molecule has 0 saturated heterocycles. The van der Waals surface area contributed by atoms with Gasteiger partial charge in [0.1, 0.15) is 13.2 Å². The summed E-state index contributed by atoms with van der Waals surface area (Å²) < 4.78 is 16.6. The molecule has 0 fully saturated rings. The van der Waals surface area contributed by atoms with Crippen LogP contribution in [0.25, 0.3) is 0 Å². The lowest BCUT2D eigenvalue weighted by atomic mass is 10.1. The first-order chi connectivity index (χ1) is 26.0. The van der Waals surface area contributed by atoms with E-state index in [9.17, 15) is 14.4 Å². The van der Waals surface area contributed by atoms with E-state index in [4.69, 9.17) is 14.2 Å². The SMILES string of the molecule is CCCC/C=C\CCCCCCC(=O)OC(COC(=O)CCCCC/C=C\C=C/CCCCCCCCC)COC(=O)CCCCCCCCCCC. The zero-order valence-electron chi connectivity index (χ0n) is 35.0. The summed E-state index contributed by atoms with van der Waals surface area (Å²) in [4.78, 5) is 37.6. The van der Waals surface area contributed by atoms with Crippen LogP contribution in [0.3, 0.4) is 0 Å². The molecule has 0 aliphatic rings. The van der Waals surface area contributed by atoms with Crippen molar-refractivity contribution < 1.29 is 28.6 Å². The molecule has 6 nitrogen and oxygen atoms in total. The van der Waals surface area contributed by atoms with Gasteiger partial charge in [0.15, 0.2) is 6.10 Å². The van der Waals surface area contributed by atoms with Crippen LogP contribution in [0.1, 0.15) is 226 Å². The standard InChI is InChI=1S/C47H84O6/c1-4-7-10-13-16-19-21-22-23-24-25-26-29-31-34-37-40-46(49)52-43-44(42-51-45(48)39-36-33-30-27-18-15-12-9-6-3)53-47(50)41-38-35-32-28-20-17-14-11-8-5-2/h14,17,23-26,44H,4-13,15-16,18-22,27-43H2,1-3H3/b17-14-,24-23-,26-25-. The predicted molar refractivity (Wildman–Crippen MR) is 224 cm³/mol. The van der Waals surface area contributed by atoms with E-state index in [0.29, 0.717) is 19.3 Å². The molecular formula is C47H84O6. The van der Waals surface area contributed by atoms with Crippen LogP contribution >= 0.6 is 0 Å². The molecule has 0 bridgehead atoms. The highest BCUT2D eigenvalue weighted by molar-refractivity contribution is 5.71. The van der Waals surface area contributed by atoms with E-state index in [0.717, 1.165) is 89.9 Å². The lowest BCUT2D eigenvalue weighted by molar-refractivity contribution is -0.167. The van der Waals surface area contributed by atoms with Crippen molar-refractivity contribution >= 4 is 17.9 Å². The first-order valence-electron chi connectivity index (χ1n) is 22.5. The van der Waals surface area contributed by atoms with Crippen LogP contribution in [0.2, 0.25) is 0 Å². The summed E-state index contributed by atoms with van der Waals surface area (Å²) in [5, 5.41) is 0. The van der Waals surface area contributed by atoms with Crippen LogP contribution in [0.15, 0.2) is 36.5 Å². The number of esters is 3. The second-order valence-corrected chi connectivity index (χ2v) is 15.0. The fourth-order valence-corrected chi connectivity index (χ4v) is 6.18. The molecule has 0 rings (SSSR count). The van der Waals surface area contributed by atoms with E-state index < -0.39 is 6.10 Å². The van der Waals surface area contributed by atoms with Gasteiger partial charge in [-0.15, -0.1) is 0 Å². The summed E-state index contributed by atoms with van der Waals surface area (Å²) in [5.41, 5.74) is 0. The molecule has 0 radical (unpaired) electrons. The van der Waals surface area contributed by atoms with E-state index in [1.165, 1.54) is 96.3 Å². The van der Waals surface area contributed by atoms with Crippen molar-refractivity contribution in [3.8, 4) is 0 Å². The Morgan fingerprint density at radius 2 is 0.698 bits per heavy atom. The Bertz CT molecular complexity index is 907. The number of carbonyl (C=O) groups is 3. The monoisotopic (exact) mass is 745 g/mol. The fourth-order valence-electron chi connectivity index (χ4n) is 6.18. The molecule has 308 valence electrons. The van der Waals surface area contributed by atoms with Crippen molar-refractivity contribution in [3.63, 3.8) is 0 Å². The van der Waals surface area contributed by atoms with Crippen molar-refractivity contribution in [3.05, 3.63) is 36.5 Å². The molecule has 53 heavy (non-hydrogen) atoms. The van der Waals surface area contributed by atoms with Crippen LogP contribution in [0.5, 0.6) is 0 Å². The van der Waals surface area contributed by atoms with Gasteiger partial charge in [0.25, 0.3) is 0 Å². The van der Waals surface area contributed by atoms with Crippen molar-refractivity contribution in [2.75, 3.05) is 13.2 Å². The normalized spacial score (nSPS) is 12.3. The topological polar surface area (TPSA) is 78.9 Å². The number of hydrogen-bond acceptors (Lipinski definition) is 6. The molecule has 0 aliphatic heterocycles. The zero-order valence-corrected chi connectivity index (χ0v) is 35.0. The molecule has 6 heteroatoms. The average molecular weight is 745 g/mol. The van der Waals surface area contributed by atoms with Crippen LogP contribution in [0.4, 0.5) is 0 Å². The minimum Gasteiger partial charge on any atom is -0.462 e. The molecule has 0 aromatic heterocycles. The number of rotatable bonds is 40. The molecule has 1 atom stereocenters. The first-order valence-corrected chi connectivity index (χ1v) is 22.5. The van der Waals surface area contributed by atoms with Gasteiger partial charge in [-0.1, -0.05) is 179 Å². The highest BCUT2D eigenvalue weighted by Gasteiger charge is 2.19. The quantitative estimate of drug-likeness (QED) is 0.0204. The Balaban J connectivity index is 4.37. The summed E-state index contributed by atoms with van der Waals surface area (Å²) in [6.07, 6.45) is 47.0. The largest absolute Gasteiger partial charge is 0.462 e. The second kappa shape index (κ2) is 42.4. The van der Waals surface area contributed by atoms with Gasteiger partial charge in [0.2, 0.25) is 0 Å². The van der Waals surface area contributed by atoms with Gasteiger partial charge in [0.05, 0.1) is 0 Å². The zero-order chi connectivity index (χ0) is 38.7. The molecule has 0 spiro atoms. The van der Waals surface area contributed by atoms with Crippen molar-refractivity contribution in [1.29, 1.82) is 0 Å². The predicted octanol–water partition coefficient (Wildman–Crippen LogP) is 14.2. The first kappa shape index (κ1) is 50.6. The Morgan fingerprint density at radius 1 is 0.377 bits per heavy atom. The highest BCUT2D eigenvalue weighted by atomic mass is 16.6. The van der Waals surface area contributed by atoms with Crippen LogP contribution in [0, 0.1) is 0 Å². The molecule has 0 aromatic carbocycles. The maximum atomic E-state index is 12.6. The third-order valence-corrected chi connectivity index (χ3v) is 9.65. The van der Waals surface area contributed by atoms with Crippen molar-refractivity contribution in [1.82, 2.24) is 0 Å². The fraction of sp³-hybridized carbons (Fsp3) is 0.809. The molecule has 0 saturated carbocycles. The van der Waals surface area contributed by atoms with Crippen LogP contribution in [-0.2, 0) is 28.6 Å². The maximum Gasteiger partial charge on any atom is 0.306 e. The number of carbonyl (C=O) groups excluding carboxylic acids is 3. The Labute approximate surface area is 327 Å². The number of unbranched alkanes of at least 4 members (excludes halogenated alkanes) is 24. The number of hydrogen-bond donors (Lipinski definition) is 0. The van der Waals surface area contributed by atoms with Gasteiger partial charge >= 0.3 is 17.9 Å². The van der Waals surface area contributed by atoms with Gasteiger partial charge < -0.3 is 14.2 Å². The molecule has 0 amide bonds. The third-order valence-electron chi connectivity index (χ3n) is 9.65. The molecule has 0 aliphatic carbocycles. The Kier molecular flexibility index (Phi) is 40.5. The van der Waals surface area contributed by atoms with E-state index in [-0.39, 0.29) is 31.1 Å². The van der Waals surface area contributed by atoms with Crippen LogP contribution < -0.4 is 0 Å². The lowest BCUT2D eigenvalue weighted by Crippen LogP contribution is -2.30. The summed E-state index contributed by atoms with van der Waals surface area (Å²) in [7, 11) is 0. The van der Waals surface area contributed by atoms with Gasteiger partial charge in [0, 0.05) is 19.3 Å². The van der Waals surface area contributed by atoms with E-state index in [1.807, 2.05) is 0 Å².